The van der Waals surface area contributed by atoms with E-state index in [9.17, 15) is 9.90 Å². The molecule has 0 radical (unpaired) electrons. The Morgan fingerprint density at radius 3 is 2.46 bits per heavy atom. The highest BCUT2D eigenvalue weighted by molar-refractivity contribution is 5.91. The van der Waals surface area contributed by atoms with Crippen molar-refractivity contribution in [1.82, 2.24) is 5.32 Å². The van der Waals surface area contributed by atoms with E-state index >= 15 is 0 Å². The molecule has 0 aliphatic rings. The highest BCUT2D eigenvalue weighted by Gasteiger charge is 2.12. The van der Waals surface area contributed by atoms with Crippen molar-refractivity contribution in [3.8, 4) is 0 Å². The summed E-state index contributed by atoms with van der Waals surface area (Å²) < 4.78 is 0. The molecular weight excluding hydrogens is 300 g/mol. The Bertz CT molecular complexity index is 643. The van der Waals surface area contributed by atoms with E-state index in [0.717, 1.165) is 16.8 Å². The second-order valence-corrected chi connectivity index (χ2v) is 6.22. The standard InChI is InChI=1S/C20H26N2O2/c1-15-8-6-7-11-19(15)22-20(24)12-16(2)21-14-18(23)13-17-9-4-3-5-10-17/h3-11,16,18,21,23H,12-14H2,1-2H3,(H,22,24). The summed E-state index contributed by atoms with van der Waals surface area (Å²) in [6, 6.07) is 17.6. The Morgan fingerprint density at radius 2 is 1.75 bits per heavy atom. The average Bonchev–Trinajstić information content (AvgIpc) is 2.56. The first-order valence-corrected chi connectivity index (χ1v) is 8.35. The molecule has 2 aromatic carbocycles. The number of nitrogens with one attached hydrogen (secondary N) is 2. The molecule has 0 saturated carbocycles. The highest BCUT2D eigenvalue weighted by Crippen LogP contribution is 2.13. The summed E-state index contributed by atoms with van der Waals surface area (Å²) in [7, 11) is 0. The van der Waals surface area contributed by atoms with E-state index in [1.165, 1.54) is 0 Å². The highest BCUT2D eigenvalue weighted by atomic mass is 16.3. The molecule has 0 spiro atoms. The van der Waals surface area contributed by atoms with Crippen LogP contribution in [0.3, 0.4) is 0 Å². The van der Waals surface area contributed by atoms with Gasteiger partial charge in [0.25, 0.3) is 0 Å². The third kappa shape index (κ3) is 6.14. The van der Waals surface area contributed by atoms with Crippen LogP contribution in [0.5, 0.6) is 0 Å². The topological polar surface area (TPSA) is 61.4 Å². The summed E-state index contributed by atoms with van der Waals surface area (Å²) >= 11 is 0. The maximum Gasteiger partial charge on any atom is 0.225 e. The van der Waals surface area contributed by atoms with E-state index in [-0.39, 0.29) is 11.9 Å². The molecule has 1 amide bonds. The van der Waals surface area contributed by atoms with E-state index in [2.05, 4.69) is 10.6 Å². The van der Waals surface area contributed by atoms with Crippen LogP contribution in [0.15, 0.2) is 54.6 Å². The second-order valence-electron chi connectivity index (χ2n) is 6.22. The first kappa shape index (κ1) is 18.2. The van der Waals surface area contributed by atoms with Crippen LogP contribution in [0.4, 0.5) is 5.69 Å². The van der Waals surface area contributed by atoms with Gasteiger partial charge in [-0.2, -0.15) is 0 Å². The molecule has 4 heteroatoms. The molecule has 3 N–H and O–H groups in total. The molecule has 0 aromatic heterocycles. The SMILES string of the molecule is Cc1ccccc1NC(=O)CC(C)NCC(O)Cc1ccccc1. The molecule has 2 unspecified atom stereocenters. The zero-order valence-corrected chi connectivity index (χ0v) is 14.3. The van der Waals surface area contributed by atoms with Crippen LogP contribution in [-0.2, 0) is 11.2 Å². The van der Waals surface area contributed by atoms with Crippen molar-refractivity contribution in [2.75, 3.05) is 11.9 Å². The van der Waals surface area contributed by atoms with Crippen LogP contribution in [0.1, 0.15) is 24.5 Å². The fourth-order valence-electron chi connectivity index (χ4n) is 2.56. The van der Waals surface area contributed by atoms with Gasteiger partial charge in [-0.05, 0) is 37.5 Å². The van der Waals surface area contributed by atoms with Crippen molar-refractivity contribution in [1.29, 1.82) is 0 Å². The van der Waals surface area contributed by atoms with Gasteiger partial charge in [-0.15, -0.1) is 0 Å². The smallest absolute Gasteiger partial charge is 0.225 e. The average molecular weight is 326 g/mol. The summed E-state index contributed by atoms with van der Waals surface area (Å²) in [5, 5.41) is 16.2. The summed E-state index contributed by atoms with van der Waals surface area (Å²) in [4.78, 5) is 12.1. The number of anilines is 1. The molecule has 2 atom stereocenters. The monoisotopic (exact) mass is 326 g/mol. The van der Waals surface area contributed by atoms with Gasteiger partial charge in [0.05, 0.1) is 6.10 Å². The summed E-state index contributed by atoms with van der Waals surface area (Å²) in [6.07, 6.45) is 0.511. The van der Waals surface area contributed by atoms with Crippen LogP contribution in [0.2, 0.25) is 0 Å². The van der Waals surface area contributed by atoms with Gasteiger partial charge in [-0.1, -0.05) is 48.5 Å². The van der Waals surface area contributed by atoms with Crippen molar-refractivity contribution in [2.45, 2.75) is 38.8 Å². The lowest BCUT2D eigenvalue weighted by Gasteiger charge is -2.17. The fourth-order valence-corrected chi connectivity index (χ4v) is 2.56. The Morgan fingerprint density at radius 1 is 1.08 bits per heavy atom. The number of hydrogen-bond acceptors (Lipinski definition) is 3. The quantitative estimate of drug-likeness (QED) is 0.699. The van der Waals surface area contributed by atoms with Gasteiger partial charge >= 0.3 is 0 Å². The number of carbonyl (C=O) groups excluding carboxylic acids is 1. The summed E-state index contributed by atoms with van der Waals surface area (Å²) in [5.41, 5.74) is 3.00. The molecule has 0 heterocycles. The number of amides is 1. The lowest BCUT2D eigenvalue weighted by Crippen LogP contribution is -2.37. The van der Waals surface area contributed by atoms with Gasteiger partial charge in [0.2, 0.25) is 5.91 Å². The minimum Gasteiger partial charge on any atom is -0.391 e. The Hall–Kier alpha value is -2.17. The maximum atomic E-state index is 12.1. The van der Waals surface area contributed by atoms with Crippen LogP contribution in [0.25, 0.3) is 0 Å². The fraction of sp³-hybridized carbons (Fsp3) is 0.350. The summed E-state index contributed by atoms with van der Waals surface area (Å²) in [5.74, 6) is -0.0261. The minimum atomic E-state index is -0.464. The molecule has 0 fully saturated rings. The zero-order chi connectivity index (χ0) is 17.4. The van der Waals surface area contributed by atoms with Crippen LogP contribution in [-0.4, -0.2) is 29.7 Å². The number of hydrogen-bond donors (Lipinski definition) is 3. The Balaban J connectivity index is 1.71. The third-order valence-electron chi connectivity index (χ3n) is 3.93. The van der Waals surface area contributed by atoms with Crippen LogP contribution >= 0.6 is 0 Å². The largest absolute Gasteiger partial charge is 0.391 e. The van der Waals surface area contributed by atoms with Gasteiger partial charge in [-0.3, -0.25) is 4.79 Å². The minimum absolute atomic E-state index is 0.000517. The number of aliphatic hydroxyl groups excluding tert-OH is 1. The second kappa shape index (κ2) is 9.21. The van der Waals surface area contributed by atoms with Gasteiger partial charge in [0.15, 0.2) is 0 Å². The first-order chi connectivity index (χ1) is 11.5. The predicted octanol–water partition coefficient (Wildman–Crippen LogP) is 2.91. The van der Waals surface area contributed by atoms with Gasteiger partial charge in [0.1, 0.15) is 0 Å². The number of carbonyl (C=O) groups is 1. The van der Waals surface area contributed by atoms with Crippen LogP contribution in [0, 0.1) is 6.92 Å². The van der Waals surface area contributed by atoms with E-state index in [1.54, 1.807) is 0 Å². The van der Waals surface area contributed by atoms with E-state index in [1.807, 2.05) is 68.4 Å². The molecule has 2 rings (SSSR count). The molecule has 0 aliphatic heterocycles. The lowest BCUT2D eigenvalue weighted by atomic mass is 10.1. The van der Waals surface area contributed by atoms with Crippen molar-refractivity contribution in [3.05, 3.63) is 65.7 Å². The number of benzene rings is 2. The zero-order valence-electron chi connectivity index (χ0n) is 14.3. The van der Waals surface area contributed by atoms with Gasteiger partial charge < -0.3 is 15.7 Å². The summed E-state index contributed by atoms with van der Waals surface area (Å²) in [6.45, 7) is 4.39. The van der Waals surface area contributed by atoms with Crippen molar-refractivity contribution in [3.63, 3.8) is 0 Å². The lowest BCUT2D eigenvalue weighted by molar-refractivity contribution is -0.116. The predicted molar refractivity (Wildman–Crippen MR) is 98.0 cm³/mol. The molecule has 128 valence electrons. The molecule has 0 bridgehead atoms. The molecule has 2 aromatic rings. The molecule has 0 saturated heterocycles. The first-order valence-electron chi connectivity index (χ1n) is 8.35. The van der Waals surface area contributed by atoms with E-state index < -0.39 is 6.10 Å². The van der Waals surface area contributed by atoms with Crippen LogP contribution < -0.4 is 10.6 Å². The third-order valence-corrected chi connectivity index (χ3v) is 3.93. The molecular formula is C20H26N2O2. The molecule has 24 heavy (non-hydrogen) atoms. The Kier molecular flexibility index (Phi) is 6.97. The van der Waals surface area contributed by atoms with E-state index in [0.29, 0.717) is 19.4 Å². The van der Waals surface area contributed by atoms with Crippen molar-refractivity contribution in [2.24, 2.45) is 0 Å². The van der Waals surface area contributed by atoms with Crippen molar-refractivity contribution >= 4 is 11.6 Å². The number of rotatable bonds is 8. The van der Waals surface area contributed by atoms with E-state index in [4.69, 9.17) is 0 Å². The number of para-hydroxylation sites is 1. The Labute approximate surface area is 143 Å². The van der Waals surface area contributed by atoms with Gasteiger partial charge in [-0.25, -0.2) is 0 Å². The number of aliphatic hydroxyl groups is 1. The maximum absolute atomic E-state index is 12.1. The molecule has 4 nitrogen and oxygen atoms in total. The molecule has 0 aliphatic carbocycles. The number of aryl methyl sites for hydroxylation is 1. The van der Waals surface area contributed by atoms with Crippen molar-refractivity contribution < 1.29 is 9.90 Å². The normalized spacial score (nSPS) is 13.3. The van der Waals surface area contributed by atoms with Gasteiger partial charge in [0, 0.05) is 24.7 Å².